The molecule has 0 atom stereocenters. The lowest BCUT2D eigenvalue weighted by atomic mass is 10.2. The van der Waals surface area contributed by atoms with Crippen molar-refractivity contribution in [1.29, 1.82) is 0 Å². The summed E-state index contributed by atoms with van der Waals surface area (Å²) in [7, 11) is 1.82. The van der Waals surface area contributed by atoms with Crippen LogP contribution >= 0.6 is 0 Å². The topological polar surface area (TPSA) is 70.4 Å². The Balaban J connectivity index is 1.43. The van der Waals surface area contributed by atoms with Gasteiger partial charge in [-0.25, -0.2) is 0 Å². The van der Waals surface area contributed by atoms with Gasteiger partial charge in [0.2, 0.25) is 0 Å². The van der Waals surface area contributed by atoms with E-state index in [1.54, 1.807) is 0 Å². The average molecular weight is 398 g/mol. The van der Waals surface area contributed by atoms with Crippen LogP contribution in [0.3, 0.4) is 0 Å². The molecule has 1 aliphatic heterocycles. The van der Waals surface area contributed by atoms with E-state index in [-0.39, 0.29) is 0 Å². The summed E-state index contributed by atoms with van der Waals surface area (Å²) in [6.45, 7) is 8.92. The largest absolute Gasteiger partial charge is 0.370 e. The lowest BCUT2D eigenvalue weighted by Crippen LogP contribution is -2.42. The third kappa shape index (κ3) is 5.95. The Labute approximate surface area is 174 Å². The van der Waals surface area contributed by atoms with E-state index in [4.69, 9.17) is 0 Å². The highest BCUT2D eigenvalue weighted by Crippen LogP contribution is 2.15. The molecule has 2 heterocycles. The smallest absolute Gasteiger partial charge is 0.191 e. The van der Waals surface area contributed by atoms with Crippen molar-refractivity contribution in [2.75, 3.05) is 38.1 Å². The number of anilines is 1. The van der Waals surface area contributed by atoms with Gasteiger partial charge in [-0.15, -0.1) is 10.2 Å². The normalized spacial score (nSPS) is 14.2. The summed E-state index contributed by atoms with van der Waals surface area (Å²) in [5, 5.41) is 15.6. The second-order valence-corrected chi connectivity index (χ2v) is 7.59. The van der Waals surface area contributed by atoms with Crippen LogP contribution in [0.15, 0.2) is 29.3 Å². The van der Waals surface area contributed by atoms with Crippen molar-refractivity contribution < 1.29 is 0 Å². The molecule has 0 unspecified atom stereocenters. The number of nitrogens with zero attached hydrogens (tertiary/aromatic N) is 5. The van der Waals surface area contributed by atoms with E-state index >= 15 is 0 Å². The van der Waals surface area contributed by atoms with Crippen molar-refractivity contribution in [1.82, 2.24) is 25.4 Å². The van der Waals surface area contributed by atoms with Crippen molar-refractivity contribution >= 4 is 11.6 Å². The first-order chi connectivity index (χ1) is 14.2. The van der Waals surface area contributed by atoms with Crippen LogP contribution in [0, 0.1) is 6.92 Å². The van der Waals surface area contributed by atoms with E-state index in [9.17, 15) is 0 Å². The Bertz CT molecular complexity index is 796. The Kier molecular flexibility index (Phi) is 7.90. The number of aromatic nitrogens is 3. The summed E-state index contributed by atoms with van der Waals surface area (Å²) in [6.07, 6.45) is 5.65. The number of nitrogens with one attached hydrogen (secondary N) is 2. The first kappa shape index (κ1) is 21.1. The second-order valence-electron chi connectivity index (χ2n) is 7.59. The van der Waals surface area contributed by atoms with Crippen LogP contribution in [-0.2, 0) is 19.4 Å². The Hall–Kier alpha value is -2.57. The zero-order valence-corrected chi connectivity index (χ0v) is 18.1. The van der Waals surface area contributed by atoms with E-state index in [0.717, 1.165) is 63.2 Å². The molecule has 0 fully saturated rings. The molecular weight excluding hydrogens is 362 g/mol. The molecule has 0 spiro atoms. The maximum atomic E-state index is 4.41. The van der Waals surface area contributed by atoms with E-state index in [1.807, 2.05) is 7.05 Å². The Morgan fingerprint density at radius 2 is 2.03 bits per heavy atom. The van der Waals surface area contributed by atoms with Crippen LogP contribution in [0.2, 0.25) is 0 Å². The second kappa shape index (κ2) is 10.8. The molecule has 7 nitrogen and oxygen atoms in total. The molecule has 29 heavy (non-hydrogen) atoms. The molecule has 0 bridgehead atoms. The third-order valence-electron chi connectivity index (χ3n) is 5.47. The van der Waals surface area contributed by atoms with Gasteiger partial charge in [-0.05, 0) is 44.4 Å². The summed E-state index contributed by atoms with van der Waals surface area (Å²) < 4.78 is 2.31. The van der Waals surface area contributed by atoms with E-state index in [1.165, 1.54) is 30.5 Å². The molecule has 0 amide bonds. The average Bonchev–Trinajstić information content (AvgIpc) is 2.95. The van der Waals surface area contributed by atoms with Crippen LogP contribution in [0.4, 0.5) is 5.69 Å². The van der Waals surface area contributed by atoms with Crippen LogP contribution in [0.25, 0.3) is 0 Å². The fraction of sp³-hybridized carbons (Fsp3) is 0.591. The maximum absolute atomic E-state index is 4.41. The number of rotatable bonds is 8. The third-order valence-corrected chi connectivity index (χ3v) is 5.47. The summed E-state index contributed by atoms with van der Waals surface area (Å²) in [5.74, 6) is 3.07. The van der Waals surface area contributed by atoms with Gasteiger partial charge in [0.25, 0.3) is 0 Å². The van der Waals surface area contributed by atoms with Crippen LogP contribution in [0.5, 0.6) is 0 Å². The van der Waals surface area contributed by atoms with Gasteiger partial charge in [0.05, 0.1) is 0 Å². The zero-order valence-electron chi connectivity index (χ0n) is 18.1. The molecule has 1 aliphatic rings. The molecule has 0 saturated heterocycles. The molecule has 7 heteroatoms. The zero-order chi connectivity index (χ0) is 20.5. The molecule has 158 valence electrons. The molecule has 0 radical (unpaired) electrons. The minimum Gasteiger partial charge on any atom is -0.370 e. The van der Waals surface area contributed by atoms with Gasteiger partial charge in [-0.3, -0.25) is 4.99 Å². The van der Waals surface area contributed by atoms with Crippen LogP contribution < -0.4 is 15.5 Å². The van der Waals surface area contributed by atoms with Crippen molar-refractivity contribution in [3.05, 3.63) is 41.5 Å². The lowest BCUT2D eigenvalue weighted by molar-refractivity contribution is 0.600. The summed E-state index contributed by atoms with van der Waals surface area (Å²) in [5.41, 5.74) is 2.56. The highest BCUT2D eigenvalue weighted by atomic mass is 15.3. The maximum Gasteiger partial charge on any atom is 0.191 e. The number of likely N-dealkylation sites (N-methyl/N-ethyl adjacent to an activating group) is 1. The van der Waals surface area contributed by atoms with Gasteiger partial charge in [0.1, 0.15) is 11.6 Å². The van der Waals surface area contributed by atoms with Crippen molar-refractivity contribution in [2.45, 2.75) is 52.5 Å². The van der Waals surface area contributed by atoms with Crippen LogP contribution in [0.1, 0.15) is 43.4 Å². The van der Waals surface area contributed by atoms with Gasteiger partial charge in [0, 0.05) is 58.3 Å². The lowest BCUT2D eigenvalue weighted by Gasteiger charge is -2.24. The SMILES string of the molecule is CCN(CCNC(=NC)NCCc1nnc2n1CCCCC2)c1cccc(C)c1. The predicted octanol–water partition coefficient (Wildman–Crippen LogP) is 2.55. The van der Waals surface area contributed by atoms with Gasteiger partial charge in [0.15, 0.2) is 5.96 Å². The number of guanidine groups is 1. The molecule has 1 aromatic carbocycles. The first-order valence-electron chi connectivity index (χ1n) is 10.9. The molecule has 0 aliphatic carbocycles. The van der Waals surface area contributed by atoms with Crippen molar-refractivity contribution in [3.63, 3.8) is 0 Å². The van der Waals surface area contributed by atoms with Gasteiger partial charge in [-0.2, -0.15) is 0 Å². The number of aliphatic imine (C=N–C) groups is 1. The number of hydrogen-bond donors (Lipinski definition) is 2. The van der Waals surface area contributed by atoms with E-state index in [2.05, 4.69) is 73.4 Å². The Morgan fingerprint density at radius 3 is 2.83 bits per heavy atom. The fourth-order valence-electron chi connectivity index (χ4n) is 3.85. The van der Waals surface area contributed by atoms with Crippen LogP contribution in [-0.4, -0.2) is 54.0 Å². The van der Waals surface area contributed by atoms with Crippen molar-refractivity contribution in [2.24, 2.45) is 4.99 Å². The minimum atomic E-state index is 0.799. The summed E-state index contributed by atoms with van der Waals surface area (Å²) in [4.78, 5) is 6.73. The molecule has 2 N–H and O–H groups in total. The van der Waals surface area contributed by atoms with Gasteiger partial charge in [-0.1, -0.05) is 18.6 Å². The standard InChI is InChI=1S/C22H35N7/c1-4-28(19-10-8-9-18(2)17-19)16-14-25-22(23-3)24-13-12-21-27-26-20-11-6-5-7-15-29(20)21/h8-10,17H,4-7,11-16H2,1-3H3,(H2,23,24,25). The van der Waals surface area contributed by atoms with E-state index < -0.39 is 0 Å². The molecule has 2 aromatic rings. The predicted molar refractivity (Wildman–Crippen MR) is 120 cm³/mol. The Morgan fingerprint density at radius 1 is 1.17 bits per heavy atom. The van der Waals surface area contributed by atoms with Gasteiger partial charge < -0.3 is 20.1 Å². The number of fused-ring (bicyclic) bond motifs is 1. The number of benzene rings is 1. The quantitative estimate of drug-likeness (QED) is 0.529. The highest BCUT2D eigenvalue weighted by molar-refractivity contribution is 5.79. The summed E-state index contributed by atoms with van der Waals surface area (Å²) >= 11 is 0. The highest BCUT2D eigenvalue weighted by Gasteiger charge is 2.14. The summed E-state index contributed by atoms with van der Waals surface area (Å²) in [6, 6.07) is 8.66. The number of hydrogen-bond acceptors (Lipinski definition) is 4. The molecule has 3 rings (SSSR count). The monoisotopic (exact) mass is 397 g/mol. The van der Waals surface area contributed by atoms with Crippen molar-refractivity contribution in [3.8, 4) is 0 Å². The molecular formula is C22H35N7. The number of aryl methyl sites for hydroxylation is 2. The minimum absolute atomic E-state index is 0.799. The fourth-order valence-corrected chi connectivity index (χ4v) is 3.85. The first-order valence-corrected chi connectivity index (χ1v) is 10.9. The molecule has 1 aromatic heterocycles. The molecule has 0 saturated carbocycles. The van der Waals surface area contributed by atoms with Gasteiger partial charge >= 0.3 is 0 Å². The van der Waals surface area contributed by atoms with E-state index in [0.29, 0.717) is 0 Å².